The molecular weight excluding hydrogens is 164 g/mol. The second kappa shape index (κ2) is 6.01. The Morgan fingerprint density at radius 3 is 2.00 bits per heavy atom. The zero-order valence-corrected chi connectivity index (χ0v) is 9.46. The van der Waals surface area contributed by atoms with Crippen molar-refractivity contribution in [2.75, 3.05) is 0 Å². The van der Waals surface area contributed by atoms with E-state index in [1.165, 1.54) is 0 Å². The number of esters is 1. The van der Waals surface area contributed by atoms with Gasteiger partial charge in [0.1, 0.15) is 0 Å². The first-order valence-corrected chi connectivity index (χ1v) is 5.11. The van der Waals surface area contributed by atoms with Crippen molar-refractivity contribution in [3.63, 3.8) is 0 Å². The van der Waals surface area contributed by atoms with Gasteiger partial charge in [0.15, 0.2) is 0 Å². The SMILES string of the molecule is CC(C)CC(=O)OC(C)CC(C)C. The molecule has 0 saturated carbocycles. The standard InChI is InChI=1S/C11H22O2/c1-8(2)6-10(5)13-11(12)7-9(3)4/h8-10H,6-7H2,1-5H3. The molecule has 1 atom stereocenters. The Bertz CT molecular complexity index is 150. The number of ether oxygens (including phenoxy) is 1. The maximum atomic E-state index is 11.2. The quantitative estimate of drug-likeness (QED) is 0.617. The van der Waals surface area contributed by atoms with Gasteiger partial charge in [-0.05, 0) is 25.2 Å². The summed E-state index contributed by atoms with van der Waals surface area (Å²) in [7, 11) is 0. The van der Waals surface area contributed by atoms with E-state index in [0.29, 0.717) is 18.3 Å². The van der Waals surface area contributed by atoms with E-state index in [0.717, 1.165) is 6.42 Å². The lowest BCUT2D eigenvalue weighted by molar-refractivity contribution is -0.149. The van der Waals surface area contributed by atoms with Crippen LogP contribution in [-0.2, 0) is 9.53 Å². The monoisotopic (exact) mass is 186 g/mol. The molecule has 2 nitrogen and oxygen atoms in total. The molecule has 78 valence electrons. The second-order valence-electron chi connectivity index (χ2n) is 4.53. The molecule has 0 N–H and O–H groups in total. The Kier molecular flexibility index (Phi) is 5.76. The summed E-state index contributed by atoms with van der Waals surface area (Å²) in [5, 5.41) is 0. The molecular formula is C11H22O2. The highest BCUT2D eigenvalue weighted by Gasteiger charge is 2.11. The lowest BCUT2D eigenvalue weighted by Crippen LogP contribution is -2.17. The van der Waals surface area contributed by atoms with Gasteiger partial charge < -0.3 is 4.74 Å². The van der Waals surface area contributed by atoms with Crippen LogP contribution < -0.4 is 0 Å². The van der Waals surface area contributed by atoms with Crippen molar-refractivity contribution in [1.29, 1.82) is 0 Å². The fraction of sp³-hybridized carbons (Fsp3) is 0.909. The molecule has 0 aromatic carbocycles. The predicted molar refractivity (Wildman–Crippen MR) is 54.5 cm³/mol. The molecule has 1 unspecified atom stereocenters. The van der Waals surface area contributed by atoms with Gasteiger partial charge in [0.05, 0.1) is 6.10 Å². The van der Waals surface area contributed by atoms with Crippen molar-refractivity contribution < 1.29 is 9.53 Å². The van der Waals surface area contributed by atoms with E-state index in [1.807, 2.05) is 20.8 Å². The Hall–Kier alpha value is -0.530. The summed E-state index contributed by atoms with van der Waals surface area (Å²) in [6.45, 7) is 10.3. The van der Waals surface area contributed by atoms with Gasteiger partial charge >= 0.3 is 5.97 Å². The predicted octanol–water partition coefficient (Wildman–Crippen LogP) is 3.01. The van der Waals surface area contributed by atoms with Crippen LogP contribution in [-0.4, -0.2) is 12.1 Å². The third-order valence-corrected chi connectivity index (χ3v) is 1.71. The summed E-state index contributed by atoms with van der Waals surface area (Å²) in [4.78, 5) is 11.2. The van der Waals surface area contributed by atoms with Gasteiger partial charge in [-0.25, -0.2) is 0 Å². The zero-order chi connectivity index (χ0) is 10.4. The van der Waals surface area contributed by atoms with Crippen LogP contribution in [0.15, 0.2) is 0 Å². The highest BCUT2D eigenvalue weighted by Crippen LogP contribution is 2.10. The van der Waals surface area contributed by atoms with Crippen LogP contribution in [0.1, 0.15) is 47.5 Å². The van der Waals surface area contributed by atoms with E-state index in [9.17, 15) is 4.79 Å². The highest BCUT2D eigenvalue weighted by molar-refractivity contribution is 5.69. The van der Waals surface area contributed by atoms with Gasteiger partial charge in [0.25, 0.3) is 0 Å². The molecule has 0 bridgehead atoms. The van der Waals surface area contributed by atoms with Crippen LogP contribution in [0, 0.1) is 11.8 Å². The minimum atomic E-state index is -0.0665. The molecule has 0 heterocycles. The minimum absolute atomic E-state index is 0.0613. The molecule has 0 aliphatic heterocycles. The summed E-state index contributed by atoms with van der Waals surface area (Å²) in [6, 6.07) is 0. The summed E-state index contributed by atoms with van der Waals surface area (Å²) >= 11 is 0. The van der Waals surface area contributed by atoms with E-state index in [4.69, 9.17) is 4.74 Å². The summed E-state index contributed by atoms with van der Waals surface area (Å²) < 4.78 is 5.23. The lowest BCUT2D eigenvalue weighted by atomic mass is 10.1. The Balaban J connectivity index is 3.65. The van der Waals surface area contributed by atoms with Crippen LogP contribution in [0.3, 0.4) is 0 Å². The molecule has 0 aromatic rings. The van der Waals surface area contributed by atoms with Gasteiger partial charge in [0, 0.05) is 6.42 Å². The molecule has 0 rings (SSSR count). The Morgan fingerprint density at radius 2 is 1.62 bits per heavy atom. The van der Waals surface area contributed by atoms with E-state index in [-0.39, 0.29) is 12.1 Å². The number of hydrogen-bond donors (Lipinski definition) is 0. The first-order valence-electron chi connectivity index (χ1n) is 5.11. The first kappa shape index (κ1) is 12.5. The van der Waals surface area contributed by atoms with Crippen molar-refractivity contribution in [2.45, 2.75) is 53.6 Å². The van der Waals surface area contributed by atoms with Crippen LogP contribution in [0.4, 0.5) is 0 Å². The average molecular weight is 186 g/mol. The second-order valence-corrected chi connectivity index (χ2v) is 4.53. The highest BCUT2D eigenvalue weighted by atomic mass is 16.5. The molecule has 13 heavy (non-hydrogen) atoms. The van der Waals surface area contributed by atoms with Gasteiger partial charge in [-0.15, -0.1) is 0 Å². The van der Waals surface area contributed by atoms with E-state index < -0.39 is 0 Å². The molecule has 0 radical (unpaired) electrons. The van der Waals surface area contributed by atoms with Crippen molar-refractivity contribution in [2.24, 2.45) is 11.8 Å². The maximum absolute atomic E-state index is 11.2. The summed E-state index contributed by atoms with van der Waals surface area (Å²) in [5.41, 5.74) is 0. The molecule has 2 heteroatoms. The minimum Gasteiger partial charge on any atom is -0.463 e. The van der Waals surface area contributed by atoms with Gasteiger partial charge in [0.2, 0.25) is 0 Å². The number of rotatable bonds is 5. The largest absolute Gasteiger partial charge is 0.463 e. The molecule has 0 amide bonds. The average Bonchev–Trinajstić information content (AvgIpc) is 1.80. The molecule has 0 spiro atoms. The third kappa shape index (κ3) is 7.82. The third-order valence-electron chi connectivity index (χ3n) is 1.71. The van der Waals surface area contributed by atoms with Gasteiger partial charge in [-0.2, -0.15) is 0 Å². The molecule has 0 saturated heterocycles. The van der Waals surface area contributed by atoms with Crippen molar-refractivity contribution in [3.05, 3.63) is 0 Å². The number of hydrogen-bond acceptors (Lipinski definition) is 2. The normalized spacial score (nSPS) is 13.5. The maximum Gasteiger partial charge on any atom is 0.306 e. The first-order chi connectivity index (χ1) is 5.91. The van der Waals surface area contributed by atoms with Crippen LogP contribution >= 0.6 is 0 Å². The Morgan fingerprint density at radius 1 is 1.08 bits per heavy atom. The molecule has 0 aliphatic rings. The van der Waals surface area contributed by atoms with E-state index in [1.54, 1.807) is 0 Å². The fourth-order valence-corrected chi connectivity index (χ4v) is 1.32. The Labute approximate surface area is 81.7 Å². The van der Waals surface area contributed by atoms with Crippen molar-refractivity contribution >= 4 is 5.97 Å². The van der Waals surface area contributed by atoms with Crippen LogP contribution in [0.2, 0.25) is 0 Å². The number of carbonyl (C=O) groups excluding carboxylic acids is 1. The van der Waals surface area contributed by atoms with Crippen LogP contribution in [0.5, 0.6) is 0 Å². The van der Waals surface area contributed by atoms with Crippen molar-refractivity contribution in [1.82, 2.24) is 0 Å². The summed E-state index contributed by atoms with van der Waals surface area (Å²) in [6.07, 6.45) is 1.54. The summed E-state index contributed by atoms with van der Waals surface area (Å²) in [5.74, 6) is 0.906. The topological polar surface area (TPSA) is 26.3 Å². The lowest BCUT2D eigenvalue weighted by Gasteiger charge is -2.15. The van der Waals surface area contributed by atoms with E-state index in [2.05, 4.69) is 13.8 Å². The van der Waals surface area contributed by atoms with Crippen LogP contribution in [0.25, 0.3) is 0 Å². The fourth-order valence-electron chi connectivity index (χ4n) is 1.32. The molecule has 0 aliphatic carbocycles. The molecule has 0 fully saturated rings. The number of carbonyl (C=O) groups is 1. The van der Waals surface area contributed by atoms with Gasteiger partial charge in [-0.3, -0.25) is 4.79 Å². The zero-order valence-electron chi connectivity index (χ0n) is 9.46. The smallest absolute Gasteiger partial charge is 0.306 e. The van der Waals surface area contributed by atoms with Crippen molar-refractivity contribution in [3.8, 4) is 0 Å². The molecule has 0 aromatic heterocycles. The van der Waals surface area contributed by atoms with E-state index >= 15 is 0 Å². The van der Waals surface area contributed by atoms with Gasteiger partial charge in [-0.1, -0.05) is 27.7 Å².